The minimum atomic E-state index is -0.437. The van der Waals surface area contributed by atoms with Crippen LogP contribution in [0.25, 0.3) is 0 Å². The lowest BCUT2D eigenvalue weighted by atomic mass is 10.1. The fourth-order valence-electron chi connectivity index (χ4n) is 3.02. The molecule has 25 heavy (non-hydrogen) atoms. The molecule has 4 nitrogen and oxygen atoms in total. The van der Waals surface area contributed by atoms with Crippen molar-refractivity contribution in [3.05, 3.63) is 50.6 Å². The van der Waals surface area contributed by atoms with Crippen LogP contribution in [0.4, 0.5) is 5.69 Å². The molecule has 1 aromatic carbocycles. The number of nitrogens with zero attached hydrogens (tertiary/aromatic N) is 1. The number of likely N-dealkylation sites (tertiary alicyclic amines) is 1. The van der Waals surface area contributed by atoms with Crippen LogP contribution in [-0.4, -0.2) is 29.3 Å². The van der Waals surface area contributed by atoms with E-state index in [2.05, 4.69) is 5.32 Å². The lowest BCUT2D eigenvalue weighted by Crippen LogP contribution is -2.43. The van der Waals surface area contributed by atoms with E-state index in [4.69, 9.17) is 23.2 Å². The van der Waals surface area contributed by atoms with Crippen molar-refractivity contribution in [1.82, 2.24) is 4.90 Å². The number of thiophene rings is 1. The van der Waals surface area contributed by atoms with Crippen molar-refractivity contribution < 1.29 is 9.59 Å². The number of amides is 2. The fraction of sp³-hybridized carbons (Fsp3) is 0.333. The van der Waals surface area contributed by atoms with Gasteiger partial charge in [0.1, 0.15) is 6.04 Å². The van der Waals surface area contributed by atoms with Crippen LogP contribution in [0, 0.1) is 0 Å². The minimum Gasteiger partial charge on any atom is -0.331 e. The maximum atomic E-state index is 12.6. The molecule has 1 unspecified atom stereocenters. The summed E-state index contributed by atoms with van der Waals surface area (Å²) in [4.78, 5) is 26.8. The lowest BCUT2D eigenvalue weighted by Gasteiger charge is -2.24. The summed E-state index contributed by atoms with van der Waals surface area (Å²) in [6, 6.07) is 6.48. The van der Waals surface area contributed by atoms with Gasteiger partial charge < -0.3 is 10.2 Å². The SMILES string of the molecule is O=C(Nc1cc(Cl)cc(Cl)c1)C1CCCN1C(=O)CCc1ccsc1. The van der Waals surface area contributed by atoms with Crippen LogP contribution in [0.1, 0.15) is 24.8 Å². The van der Waals surface area contributed by atoms with Gasteiger partial charge in [-0.3, -0.25) is 9.59 Å². The highest BCUT2D eigenvalue weighted by molar-refractivity contribution is 7.07. The molecular weight excluding hydrogens is 379 g/mol. The van der Waals surface area contributed by atoms with E-state index in [1.54, 1.807) is 34.4 Å². The Balaban J connectivity index is 1.61. The fourth-order valence-corrected chi connectivity index (χ4v) is 4.25. The molecule has 3 rings (SSSR count). The van der Waals surface area contributed by atoms with Gasteiger partial charge in [-0.2, -0.15) is 11.3 Å². The average molecular weight is 397 g/mol. The quantitative estimate of drug-likeness (QED) is 0.801. The summed E-state index contributed by atoms with van der Waals surface area (Å²) in [5.74, 6) is -0.173. The number of nitrogens with one attached hydrogen (secondary N) is 1. The van der Waals surface area contributed by atoms with Gasteiger partial charge in [-0.05, 0) is 59.9 Å². The molecular formula is C18H18Cl2N2O2S. The first-order chi connectivity index (χ1) is 12.0. The highest BCUT2D eigenvalue weighted by Crippen LogP contribution is 2.25. The van der Waals surface area contributed by atoms with Crippen LogP contribution in [-0.2, 0) is 16.0 Å². The maximum Gasteiger partial charge on any atom is 0.247 e. The molecule has 0 spiro atoms. The molecule has 0 aliphatic carbocycles. The van der Waals surface area contributed by atoms with Crippen LogP contribution in [0.15, 0.2) is 35.0 Å². The van der Waals surface area contributed by atoms with E-state index in [1.165, 1.54) is 0 Å². The molecule has 2 amide bonds. The number of anilines is 1. The topological polar surface area (TPSA) is 49.4 Å². The van der Waals surface area contributed by atoms with Crippen molar-refractivity contribution in [3.63, 3.8) is 0 Å². The molecule has 2 aromatic rings. The van der Waals surface area contributed by atoms with Crippen molar-refractivity contribution in [2.24, 2.45) is 0 Å². The number of aryl methyl sites for hydroxylation is 1. The van der Waals surface area contributed by atoms with Crippen molar-refractivity contribution in [2.75, 3.05) is 11.9 Å². The Morgan fingerprint density at radius 3 is 2.68 bits per heavy atom. The zero-order chi connectivity index (χ0) is 17.8. The molecule has 1 aliphatic rings. The first-order valence-corrected chi connectivity index (χ1v) is 9.80. The summed E-state index contributed by atoms with van der Waals surface area (Å²) in [7, 11) is 0. The number of carbonyl (C=O) groups is 2. The van der Waals surface area contributed by atoms with Crippen molar-refractivity contribution in [3.8, 4) is 0 Å². The van der Waals surface area contributed by atoms with E-state index in [0.717, 1.165) is 12.0 Å². The first-order valence-electron chi connectivity index (χ1n) is 8.10. The molecule has 1 N–H and O–H groups in total. The summed E-state index contributed by atoms with van der Waals surface area (Å²) in [6.07, 6.45) is 2.63. The van der Waals surface area contributed by atoms with Crippen LogP contribution in [0.5, 0.6) is 0 Å². The van der Waals surface area contributed by atoms with Crippen molar-refractivity contribution >= 4 is 52.0 Å². The first kappa shape index (κ1) is 18.2. The third-order valence-electron chi connectivity index (χ3n) is 4.21. The van der Waals surface area contributed by atoms with Gasteiger partial charge in [0.2, 0.25) is 11.8 Å². The number of halogens is 2. The molecule has 0 radical (unpaired) electrons. The standard InChI is InChI=1S/C18H18Cl2N2O2S/c19-13-8-14(20)10-15(9-13)21-18(24)16-2-1-6-22(16)17(23)4-3-12-5-7-25-11-12/h5,7-11,16H,1-4,6H2,(H,21,24). The molecule has 132 valence electrons. The van der Waals surface area contributed by atoms with E-state index in [9.17, 15) is 9.59 Å². The summed E-state index contributed by atoms with van der Waals surface area (Å²) in [6.45, 7) is 0.622. The van der Waals surface area contributed by atoms with Gasteiger partial charge in [0.15, 0.2) is 0 Å². The Labute approximate surface area is 160 Å². The van der Waals surface area contributed by atoms with Gasteiger partial charge in [0.25, 0.3) is 0 Å². The van der Waals surface area contributed by atoms with Crippen LogP contribution in [0.2, 0.25) is 10.0 Å². The van der Waals surface area contributed by atoms with Crippen LogP contribution in [0.3, 0.4) is 0 Å². The minimum absolute atomic E-state index is 0.0213. The maximum absolute atomic E-state index is 12.6. The van der Waals surface area contributed by atoms with Crippen molar-refractivity contribution in [2.45, 2.75) is 31.7 Å². The van der Waals surface area contributed by atoms with Gasteiger partial charge in [0.05, 0.1) is 0 Å². The Morgan fingerprint density at radius 2 is 2.00 bits per heavy atom. The number of hydrogen-bond donors (Lipinski definition) is 1. The average Bonchev–Trinajstić information content (AvgIpc) is 3.23. The van der Waals surface area contributed by atoms with Crippen molar-refractivity contribution in [1.29, 1.82) is 0 Å². The molecule has 1 aliphatic heterocycles. The third kappa shape index (κ3) is 4.75. The molecule has 1 atom stereocenters. The van der Waals surface area contributed by atoms with Gasteiger partial charge in [-0.1, -0.05) is 23.2 Å². The van der Waals surface area contributed by atoms with Gasteiger partial charge in [-0.15, -0.1) is 0 Å². The van der Waals surface area contributed by atoms with Gasteiger partial charge in [-0.25, -0.2) is 0 Å². The largest absolute Gasteiger partial charge is 0.331 e. The van der Waals surface area contributed by atoms with E-state index >= 15 is 0 Å². The van der Waals surface area contributed by atoms with E-state index < -0.39 is 6.04 Å². The van der Waals surface area contributed by atoms with E-state index in [0.29, 0.717) is 41.5 Å². The third-order valence-corrected chi connectivity index (χ3v) is 5.38. The zero-order valence-electron chi connectivity index (χ0n) is 13.5. The number of benzene rings is 1. The monoisotopic (exact) mass is 396 g/mol. The molecule has 0 saturated carbocycles. The molecule has 1 saturated heterocycles. The molecule has 0 bridgehead atoms. The predicted molar refractivity (Wildman–Crippen MR) is 102 cm³/mol. The smallest absolute Gasteiger partial charge is 0.247 e. The Kier molecular flexibility index (Phi) is 5.99. The van der Waals surface area contributed by atoms with Gasteiger partial charge in [0, 0.05) is 28.7 Å². The Hall–Kier alpha value is -1.56. The number of carbonyl (C=O) groups excluding carboxylic acids is 2. The second kappa shape index (κ2) is 8.21. The normalized spacial score (nSPS) is 16.9. The molecule has 1 fully saturated rings. The predicted octanol–water partition coefficient (Wildman–Crippen LogP) is 4.62. The Bertz CT molecular complexity index is 744. The number of rotatable bonds is 5. The second-order valence-electron chi connectivity index (χ2n) is 6.02. The molecule has 2 heterocycles. The Morgan fingerprint density at radius 1 is 1.24 bits per heavy atom. The van der Waals surface area contributed by atoms with E-state index in [1.807, 2.05) is 16.8 Å². The molecule has 1 aromatic heterocycles. The summed E-state index contributed by atoms with van der Waals surface area (Å²) in [5.41, 5.74) is 1.70. The van der Waals surface area contributed by atoms with Gasteiger partial charge >= 0.3 is 0 Å². The summed E-state index contributed by atoms with van der Waals surface area (Å²) in [5, 5.41) is 7.78. The molecule has 7 heteroatoms. The van der Waals surface area contributed by atoms with E-state index in [-0.39, 0.29) is 11.8 Å². The van der Waals surface area contributed by atoms with Crippen LogP contribution >= 0.6 is 34.5 Å². The second-order valence-corrected chi connectivity index (χ2v) is 7.68. The van der Waals surface area contributed by atoms with Crippen LogP contribution < -0.4 is 5.32 Å². The lowest BCUT2D eigenvalue weighted by molar-refractivity contribution is -0.136. The highest BCUT2D eigenvalue weighted by atomic mass is 35.5. The summed E-state index contributed by atoms with van der Waals surface area (Å²) < 4.78 is 0. The highest BCUT2D eigenvalue weighted by Gasteiger charge is 2.33. The number of hydrogen-bond acceptors (Lipinski definition) is 3. The zero-order valence-corrected chi connectivity index (χ0v) is 15.8. The summed E-state index contributed by atoms with van der Waals surface area (Å²) >= 11 is 13.5.